The van der Waals surface area contributed by atoms with Crippen molar-refractivity contribution in [3.8, 4) is 22.2 Å². The quantitative estimate of drug-likeness (QED) is 0.510. The zero-order chi connectivity index (χ0) is 19.2. The molecule has 0 atom stereocenters. The van der Waals surface area contributed by atoms with Crippen molar-refractivity contribution < 1.29 is 9.53 Å². The van der Waals surface area contributed by atoms with Crippen molar-refractivity contribution in [1.82, 2.24) is 15.3 Å². The fourth-order valence-electron chi connectivity index (χ4n) is 2.66. The van der Waals surface area contributed by atoms with Crippen LogP contribution in [0.5, 0.6) is 11.6 Å². The van der Waals surface area contributed by atoms with Crippen molar-refractivity contribution in [3.05, 3.63) is 95.6 Å². The molecule has 0 radical (unpaired) electrons. The highest BCUT2D eigenvalue weighted by Gasteiger charge is 2.08. The Hall–Kier alpha value is -3.51. The molecule has 1 amide bonds. The average Bonchev–Trinajstić information content (AvgIpc) is 3.28. The van der Waals surface area contributed by atoms with E-state index in [1.54, 1.807) is 54.1 Å². The molecule has 0 unspecified atom stereocenters. The summed E-state index contributed by atoms with van der Waals surface area (Å²) in [5.74, 6) is 0.883. The van der Waals surface area contributed by atoms with Gasteiger partial charge in [-0.3, -0.25) is 9.78 Å². The molecule has 138 valence electrons. The molecule has 3 heterocycles. The van der Waals surface area contributed by atoms with Crippen molar-refractivity contribution in [3.63, 3.8) is 0 Å². The van der Waals surface area contributed by atoms with Gasteiger partial charge in [0.1, 0.15) is 5.75 Å². The number of carbonyl (C=O) groups excluding carboxylic acids is 1. The molecule has 4 aromatic rings. The second-order valence-electron chi connectivity index (χ2n) is 6.01. The minimum atomic E-state index is -0.166. The molecule has 28 heavy (non-hydrogen) atoms. The summed E-state index contributed by atoms with van der Waals surface area (Å²) in [5.41, 5.74) is 2.43. The van der Waals surface area contributed by atoms with Crippen LogP contribution in [0.4, 0.5) is 0 Å². The van der Waals surface area contributed by atoms with Gasteiger partial charge in [0.05, 0.1) is 10.6 Å². The van der Waals surface area contributed by atoms with E-state index < -0.39 is 0 Å². The number of thiophene rings is 1. The van der Waals surface area contributed by atoms with Crippen molar-refractivity contribution in [1.29, 1.82) is 0 Å². The van der Waals surface area contributed by atoms with Crippen LogP contribution in [-0.2, 0) is 6.54 Å². The lowest BCUT2D eigenvalue weighted by Gasteiger charge is -2.08. The number of hydrogen-bond donors (Lipinski definition) is 1. The molecule has 1 N–H and O–H groups in total. The third-order valence-corrected chi connectivity index (χ3v) is 4.90. The molecular weight excluding hydrogens is 370 g/mol. The third-order valence-electron chi connectivity index (χ3n) is 4.01. The lowest BCUT2D eigenvalue weighted by molar-refractivity contribution is 0.0950. The molecule has 4 rings (SSSR count). The predicted octanol–water partition coefficient (Wildman–Crippen LogP) is 4.93. The normalized spacial score (nSPS) is 10.4. The number of benzene rings is 1. The lowest BCUT2D eigenvalue weighted by atomic mass is 10.1. The number of carbonyl (C=O) groups is 1. The van der Waals surface area contributed by atoms with E-state index in [0.29, 0.717) is 23.7 Å². The maximum absolute atomic E-state index is 12.5. The Kier molecular flexibility index (Phi) is 5.40. The molecule has 0 aliphatic rings. The van der Waals surface area contributed by atoms with Gasteiger partial charge in [-0.25, -0.2) is 4.98 Å². The Bertz CT molecular complexity index is 1070. The van der Waals surface area contributed by atoms with Crippen molar-refractivity contribution >= 4 is 17.2 Å². The number of aromatic nitrogens is 2. The topological polar surface area (TPSA) is 64.1 Å². The van der Waals surface area contributed by atoms with Gasteiger partial charge in [0.25, 0.3) is 5.91 Å². The number of nitrogens with one attached hydrogen (secondary N) is 1. The summed E-state index contributed by atoms with van der Waals surface area (Å²) in [6, 6.07) is 20.4. The molecule has 0 spiro atoms. The number of nitrogens with zero attached hydrogens (tertiary/aromatic N) is 2. The first kappa shape index (κ1) is 17.9. The van der Waals surface area contributed by atoms with Crippen LogP contribution in [0.15, 0.2) is 84.5 Å². The molecule has 0 fully saturated rings. The van der Waals surface area contributed by atoms with Gasteiger partial charge in [-0.15, -0.1) is 11.3 Å². The predicted molar refractivity (Wildman–Crippen MR) is 109 cm³/mol. The lowest BCUT2D eigenvalue weighted by Crippen LogP contribution is -2.22. The molecule has 1 aromatic carbocycles. The van der Waals surface area contributed by atoms with Crippen LogP contribution in [0.2, 0.25) is 0 Å². The second-order valence-corrected chi connectivity index (χ2v) is 6.95. The van der Waals surface area contributed by atoms with Gasteiger partial charge in [-0.1, -0.05) is 18.2 Å². The van der Waals surface area contributed by atoms with Gasteiger partial charge in [0.2, 0.25) is 5.88 Å². The van der Waals surface area contributed by atoms with Crippen LogP contribution in [0.1, 0.15) is 15.9 Å². The smallest absolute Gasteiger partial charge is 0.251 e. The van der Waals surface area contributed by atoms with E-state index >= 15 is 0 Å². The first-order chi connectivity index (χ1) is 13.8. The molecular formula is C22H17N3O2S. The fraction of sp³-hybridized carbons (Fsp3) is 0.0455. The van der Waals surface area contributed by atoms with E-state index in [4.69, 9.17) is 4.74 Å². The Labute approximate surface area is 166 Å². The molecule has 0 aliphatic carbocycles. The van der Waals surface area contributed by atoms with Crippen LogP contribution in [-0.4, -0.2) is 15.9 Å². The molecule has 0 saturated heterocycles. The van der Waals surface area contributed by atoms with Gasteiger partial charge >= 0.3 is 0 Å². The van der Waals surface area contributed by atoms with Crippen molar-refractivity contribution in [2.75, 3.05) is 0 Å². The van der Waals surface area contributed by atoms with Gasteiger partial charge in [0.15, 0.2) is 0 Å². The summed E-state index contributed by atoms with van der Waals surface area (Å²) in [6.45, 7) is 0.422. The van der Waals surface area contributed by atoms with Crippen molar-refractivity contribution in [2.45, 2.75) is 6.54 Å². The number of rotatable bonds is 6. The summed E-state index contributed by atoms with van der Waals surface area (Å²) in [5, 5.41) is 4.96. The van der Waals surface area contributed by atoms with E-state index in [-0.39, 0.29) is 5.91 Å². The number of pyridine rings is 2. The molecule has 0 bridgehead atoms. The summed E-state index contributed by atoms with van der Waals surface area (Å²) >= 11 is 1.64. The van der Waals surface area contributed by atoms with Crippen LogP contribution in [0, 0.1) is 0 Å². The molecule has 0 saturated carbocycles. The average molecular weight is 387 g/mol. The summed E-state index contributed by atoms with van der Waals surface area (Å²) in [7, 11) is 0. The van der Waals surface area contributed by atoms with Crippen molar-refractivity contribution in [2.24, 2.45) is 0 Å². The van der Waals surface area contributed by atoms with E-state index in [1.807, 2.05) is 41.8 Å². The highest BCUT2D eigenvalue weighted by molar-refractivity contribution is 7.13. The SMILES string of the molecule is O=C(NCc1ccnc(-c2cccs2)c1)c1cccc(Oc2ccccn2)c1. The van der Waals surface area contributed by atoms with Gasteiger partial charge < -0.3 is 10.1 Å². The largest absolute Gasteiger partial charge is 0.439 e. The Balaban J connectivity index is 1.42. The zero-order valence-electron chi connectivity index (χ0n) is 14.9. The van der Waals surface area contributed by atoms with Crippen LogP contribution < -0.4 is 10.1 Å². The molecule has 0 aliphatic heterocycles. The highest BCUT2D eigenvalue weighted by atomic mass is 32.1. The minimum absolute atomic E-state index is 0.166. The van der Waals surface area contributed by atoms with Crippen LogP contribution >= 0.6 is 11.3 Å². The van der Waals surface area contributed by atoms with E-state index in [1.165, 1.54) is 0 Å². The summed E-state index contributed by atoms with van der Waals surface area (Å²) in [6.07, 6.45) is 3.42. The second kappa shape index (κ2) is 8.45. The number of hydrogen-bond acceptors (Lipinski definition) is 5. The third kappa shape index (κ3) is 4.42. The summed E-state index contributed by atoms with van der Waals surface area (Å²) < 4.78 is 5.69. The van der Waals surface area contributed by atoms with Gasteiger partial charge in [-0.05, 0) is 53.4 Å². The van der Waals surface area contributed by atoms with E-state index in [2.05, 4.69) is 15.3 Å². The number of amides is 1. The van der Waals surface area contributed by atoms with Crippen LogP contribution in [0.25, 0.3) is 10.6 Å². The van der Waals surface area contributed by atoms with Gasteiger partial charge in [0, 0.05) is 30.6 Å². The monoisotopic (exact) mass is 387 g/mol. The molecule has 6 heteroatoms. The first-order valence-corrected chi connectivity index (χ1v) is 9.62. The Morgan fingerprint density at radius 3 is 2.75 bits per heavy atom. The van der Waals surface area contributed by atoms with Crippen LogP contribution in [0.3, 0.4) is 0 Å². The Morgan fingerprint density at radius 1 is 0.964 bits per heavy atom. The first-order valence-electron chi connectivity index (χ1n) is 8.74. The number of ether oxygens (including phenoxy) is 1. The zero-order valence-corrected chi connectivity index (χ0v) is 15.7. The van der Waals surface area contributed by atoms with E-state index in [0.717, 1.165) is 16.1 Å². The Morgan fingerprint density at radius 2 is 1.93 bits per heavy atom. The standard InChI is InChI=1S/C22H17N3O2S/c26-22(17-5-3-6-18(14-17)27-21-8-1-2-10-24-21)25-15-16-9-11-23-19(13-16)20-7-4-12-28-20/h1-14H,15H2,(H,25,26). The molecule has 3 aromatic heterocycles. The maximum Gasteiger partial charge on any atom is 0.251 e. The summed E-state index contributed by atoms with van der Waals surface area (Å²) in [4.78, 5) is 22.2. The molecule has 5 nitrogen and oxygen atoms in total. The minimum Gasteiger partial charge on any atom is -0.439 e. The maximum atomic E-state index is 12.5. The highest BCUT2D eigenvalue weighted by Crippen LogP contribution is 2.23. The fourth-order valence-corrected chi connectivity index (χ4v) is 3.35. The van der Waals surface area contributed by atoms with E-state index in [9.17, 15) is 4.79 Å². The van der Waals surface area contributed by atoms with Gasteiger partial charge in [-0.2, -0.15) is 0 Å².